The minimum absolute atomic E-state index is 0.216. The van der Waals surface area contributed by atoms with Gasteiger partial charge in [0.1, 0.15) is 5.75 Å². The smallest absolute Gasteiger partial charge is 0.319 e. The molecule has 0 fully saturated rings. The number of benzene rings is 2. The van der Waals surface area contributed by atoms with Gasteiger partial charge in [0, 0.05) is 17.1 Å². The molecular formula is C17H20N2O2S. The number of thioether (sulfide) groups is 1. The Morgan fingerprint density at radius 1 is 1.18 bits per heavy atom. The van der Waals surface area contributed by atoms with Crippen LogP contribution in [0.3, 0.4) is 0 Å². The molecule has 0 aliphatic rings. The SMILES string of the molecule is CCOc1ccc(CNC(=O)Nc2cccc(SC)c2)cc1. The molecule has 5 heteroatoms. The van der Waals surface area contributed by atoms with E-state index < -0.39 is 0 Å². The molecule has 0 unspecified atom stereocenters. The van der Waals surface area contributed by atoms with Gasteiger partial charge in [0.05, 0.1) is 6.61 Å². The quantitative estimate of drug-likeness (QED) is 0.788. The summed E-state index contributed by atoms with van der Waals surface area (Å²) in [4.78, 5) is 13.0. The lowest BCUT2D eigenvalue weighted by atomic mass is 10.2. The van der Waals surface area contributed by atoms with Gasteiger partial charge in [0.25, 0.3) is 0 Å². The van der Waals surface area contributed by atoms with Crippen molar-refractivity contribution in [3.63, 3.8) is 0 Å². The number of hydrogen-bond donors (Lipinski definition) is 2. The Morgan fingerprint density at radius 2 is 1.95 bits per heavy atom. The Bertz CT molecular complexity index is 614. The van der Waals surface area contributed by atoms with Crippen LogP contribution in [0, 0.1) is 0 Å². The molecule has 2 N–H and O–H groups in total. The highest BCUT2D eigenvalue weighted by Crippen LogP contribution is 2.18. The third-order valence-electron chi connectivity index (χ3n) is 3.02. The summed E-state index contributed by atoms with van der Waals surface area (Å²) in [5.41, 5.74) is 1.81. The van der Waals surface area contributed by atoms with Crippen molar-refractivity contribution in [2.45, 2.75) is 18.4 Å². The summed E-state index contributed by atoms with van der Waals surface area (Å²) < 4.78 is 5.39. The molecule has 0 saturated carbocycles. The summed E-state index contributed by atoms with van der Waals surface area (Å²) in [7, 11) is 0. The number of ether oxygens (including phenoxy) is 1. The van der Waals surface area contributed by atoms with E-state index in [1.165, 1.54) is 0 Å². The first-order chi connectivity index (χ1) is 10.7. The van der Waals surface area contributed by atoms with Crippen LogP contribution in [-0.2, 0) is 6.54 Å². The van der Waals surface area contributed by atoms with Gasteiger partial charge < -0.3 is 15.4 Å². The first-order valence-corrected chi connectivity index (χ1v) is 8.34. The first kappa shape index (κ1) is 16.2. The Labute approximate surface area is 135 Å². The average Bonchev–Trinajstić information content (AvgIpc) is 2.55. The fraction of sp³-hybridized carbons (Fsp3) is 0.235. The predicted octanol–water partition coefficient (Wildman–Crippen LogP) is 4.13. The molecule has 0 aliphatic carbocycles. The number of carbonyl (C=O) groups is 1. The average molecular weight is 316 g/mol. The number of rotatable bonds is 6. The van der Waals surface area contributed by atoms with Crippen molar-refractivity contribution >= 4 is 23.5 Å². The molecule has 116 valence electrons. The number of carbonyl (C=O) groups excluding carboxylic acids is 1. The van der Waals surface area contributed by atoms with Gasteiger partial charge in [-0.05, 0) is 49.1 Å². The van der Waals surface area contributed by atoms with Crippen molar-refractivity contribution in [3.8, 4) is 5.75 Å². The van der Waals surface area contributed by atoms with E-state index in [2.05, 4.69) is 10.6 Å². The standard InChI is InChI=1S/C17H20N2O2S/c1-3-21-15-9-7-13(8-10-15)12-18-17(20)19-14-5-4-6-16(11-14)22-2/h4-11H,3,12H2,1-2H3,(H2,18,19,20). The highest BCUT2D eigenvalue weighted by Gasteiger charge is 2.03. The lowest BCUT2D eigenvalue weighted by molar-refractivity contribution is 0.251. The monoisotopic (exact) mass is 316 g/mol. The van der Waals surface area contributed by atoms with Crippen molar-refractivity contribution < 1.29 is 9.53 Å². The summed E-state index contributed by atoms with van der Waals surface area (Å²) in [5, 5.41) is 5.67. The van der Waals surface area contributed by atoms with Crippen molar-refractivity contribution in [2.75, 3.05) is 18.2 Å². The van der Waals surface area contributed by atoms with Gasteiger partial charge in [-0.1, -0.05) is 18.2 Å². The highest BCUT2D eigenvalue weighted by molar-refractivity contribution is 7.98. The molecule has 0 spiro atoms. The number of anilines is 1. The zero-order valence-corrected chi connectivity index (χ0v) is 13.6. The van der Waals surface area contributed by atoms with Crippen LogP contribution in [0.2, 0.25) is 0 Å². The van der Waals surface area contributed by atoms with Crippen molar-refractivity contribution in [1.82, 2.24) is 5.32 Å². The Morgan fingerprint density at radius 3 is 2.64 bits per heavy atom. The third-order valence-corrected chi connectivity index (χ3v) is 3.74. The number of urea groups is 1. The van der Waals surface area contributed by atoms with Crippen molar-refractivity contribution in [1.29, 1.82) is 0 Å². The lowest BCUT2D eigenvalue weighted by Gasteiger charge is -2.09. The summed E-state index contributed by atoms with van der Waals surface area (Å²) >= 11 is 1.64. The van der Waals surface area contributed by atoms with E-state index in [1.807, 2.05) is 61.7 Å². The van der Waals surface area contributed by atoms with Gasteiger partial charge in [-0.3, -0.25) is 0 Å². The van der Waals surface area contributed by atoms with E-state index in [-0.39, 0.29) is 6.03 Å². The van der Waals surface area contributed by atoms with E-state index in [0.717, 1.165) is 21.9 Å². The van der Waals surface area contributed by atoms with Crippen molar-refractivity contribution in [3.05, 3.63) is 54.1 Å². The van der Waals surface area contributed by atoms with Gasteiger partial charge in [0.15, 0.2) is 0 Å². The predicted molar refractivity (Wildman–Crippen MR) is 91.7 cm³/mol. The maximum atomic E-state index is 11.9. The summed E-state index contributed by atoms with van der Waals surface area (Å²) in [6.07, 6.45) is 2.01. The molecule has 0 saturated heterocycles. The van der Waals surface area contributed by atoms with Crippen LogP contribution >= 0.6 is 11.8 Å². The number of amides is 2. The fourth-order valence-corrected chi connectivity index (χ4v) is 2.39. The Kier molecular flexibility index (Phi) is 6.15. The molecular weight excluding hydrogens is 296 g/mol. The molecule has 22 heavy (non-hydrogen) atoms. The van der Waals surface area contributed by atoms with E-state index in [4.69, 9.17) is 4.74 Å². The van der Waals surface area contributed by atoms with Crippen LogP contribution in [0.1, 0.15) is 12.5 Å². The second-order valence-corrected chi connectivity index (χ2v) is 5.50. The Balaban J connectivity index is 1.84. The summed E-state index contributed by atoms with van der Waals surface area (Å²) in [6, 6.07) is 15.2. The van der Waals surface area contributed by atoms with E-state index in [9.17, 15) is 4.79 Å². The van der Waals surface area contributed by atoms with Crippen LogP contribution in [0.25, 0.3) is 0 Å². The number of nitrogens with one attached hydrogen (secondary N) is 2. The summed E-state index contributed by atoms with van der Waals surface area (Å²) in [6.45, 7) is 3.07. The van der Waals surface area contributed by atoms with Crippen LogP contribution in [-0.4, -0.2) is 18.9 Å². The van der Waals surface area contributed by atoms with Gasteiger partial charge >= 0.3 is 6.03 Å². The molecule has 0 radical (unpaired) electrons. The van der Waals surface area contributed by atoms with Gasteiger partial charge in [-0.25, -0.2) is 4.79 Å². The molecule has 0 bridgehead atoms. The van der Waals surface area contributed by atoms with Gasteiger partial charge in [-0.15, -0.1) is 11.8 Å². The molecule has 2 amide bonds. The van der Waals surface area contributed by atoms with E-state index >= 15 is 0 Å². The van der Waals surface area contributed by atoms with Crippen LogP contribution in [0.15, 0.2) is 53.4 Å². The van der Waals surface area contributed by atoms with Gasteiger partial charge in [-0.2, -0.15) is 0 Å². The van der Waals surface area contributed by atoms with Gasteiger partial charge in [0.2, 0.25) is 0 Å². The Hall–Kier alpha value is -2.14. The lowest BCUT2D eigenvalue weighted by Crippen LogP contribution is -2.28. The zero-order valence-electron chi connectivity index (χ0n) is 12.8. The third kappa shape index (κ3) is 5.00. The maximum absolute atomic E-state index is 11.9. The molecule has 2 rings (SSSR count). The second kappa shape index (κ2) is 8.34. The van der Waals surface area contributed by atoms with Crippen LogP contribution < -0.4 is 15.4 Å². The van der Waals surface area contributed by atoms with Crippen molar-refractivity contribution in [2.24, 2.45) is 0 Å². The molecule has 4 nitrogen and oxygen atoms in total. The first-order valence-electron chi connectivity index (χ1n) is 7.12. The zero-order chi connectivity index (χ0) is 15.8. The normalized spacial score (nSPS) is 10.1. The molecule has 2 aromatic carbocycles. The molecule has 0 heterocycles. The van der Waals surface area contributed by atoms with E-state index in [0.29, 0.717) is 13.2 Å². The minimum Gasteiger partial charge on any atom is -0.494 e. The molecule has 0 atom stereocenters. The number of hydrogen-bond acceptors (Lipinski definition) is 3. The highest BCUT2D eigenvalue weighted by atomic mass is 32.2. The second-order valence-electron chi connectivity index (χ2n) is 4.62. The minimum atomic E-state index is -0.216. The summed E-state index contributed by atoms with van der Waals surface area (Å²) in [5.74, 6) is 0.838. The fourth-order valence-electron chi connectivity index (χ4n) is 1.93. The largest absolute Gasteiger partial charge is 0.494 e. The van der Waals surface area contributed by atoms with E-state index in [1.54, 1.807) is 11.8 Å². The molecule has 0 aliphatic heterocycles. The topological polar surface area (TPSA) is 50.4 Å². The maximum Gasteiger partial charge on any atom is 0.319 e. The molecule has 0 aromatic heterocycles. The molecule has 2 aromatic rings. The van der Waals surface area contributed by atoms with Crippen LogP contribution in [0.5, 0.6) is 5.75 Å². The van der Waals surface area contributed by atoms with Crippen LogP contribution in [0.4, 0.5) is 10.5 Å².